The minimum Gasteiger partial charge on any atom is -0.462 e. The highest BCUT2D eigenvalue weighted by Crippen LogP contribution is 2.18. The number of rotatable bonds is 4. The number of nitrogens with one attached hydrogen (secondary N) is 1. The molecule has 5 nitrogen and oxygen atoms in total. The van der Waals surface area contributed by atoms with Gasteiger partial charge >= 0.3 is 5.97 Å². The van der Waals surface area contributed by atoms with E-state index in [0.29, 0.717) is 23.7 Å². The van der Waals surface area contributed by atoms with Crippen LogP contribution < -0.4 is 11.1 Å². The number of nitrogens with two attached hydrogens (primary N) is 1. The molecule has 0 aliphatic rings. The third kappa shape index (κ3) is 4.24. The predicted octanol–water partition coefficient (Wildman–Crippen LogP) is 2.30. The molecular weight excluding hydrogens is 230 g/mol. The van der Waals surface area contributed by atoms with E-state index in [1.165, 1.54) is 6.20 Å². The third-order valence-electron chi connectivity index (χ3n) is 2.23. The van der Waals surface area contributed by atoms with E-state index in [4.69, 9.17) is 10.5 Å². The molecule has 18 heavy (non-hydrogen) atoms. The zero-order chi connectivity index (χ0) is 13.8. The maximum absolute atomic E-state index is 11.7. The topological polar surface area (TPSA) is 77.2 Å². The summed E-state index contributed by atoms with van der Waals surface area (Å²) in [5.41, 5.74) is 6.52. The van der Waals surface area contributed by atoms with Crippen molar-refractivity contribution in [2.75, 3.05) is 24.2 Å². The molecule has 3 N–H and O–H groups in total. The molecule has 5 heteroatoms. The molecule has 0 radical (unpaired) electrons. The maximum atomic E-state index is 11.7. The molecule has 0 atom stereocenters. The molecule has 0 aromatic carbocycles. The number of hydrogen-bond donors (Lipinski definition) is 2. The first kappa shape index (κ1) is 14.3. The van der Waals surface area contributed by atoms with Crippen LogP contribution in [0.2, 0.25) is 0 Å². The molecule has 0 bridgehead atoms. The predicted molar refractivity (Wildman–Crippen MR) is 72.6 cm³/mol. The number of esters is 1. The number of nitrogen functional groups attached to an aromatic ring is 1. The fourth-order valence-electron chi connectivity index (χ4n) is 1.30. The molecular formula is C13H21N3O2. The van der Waals surface area contributed by atoms with Crippen LogP contribution in [-0.2, 0) is 4.74 Å². The van der Waals surface area contributed by atoms with Crippen molar-refractivity contribution in [2.45, 2.75) is 27.7 Å². The summed E-state index contributed by atoms with van der Waals surface area (Å²) in [5, 5.41) is 3.17. The Labute approximate surface area is 108 Å². The van der Waals surface area contributed by atoms with Crippen molar-refractivity contribution in [3.05, 3.63) is 17.8 Å². The Kier molecular flexibility index (Phi) is 4.53. The summed E-state index contributed by atoms with van der Waals surface area (Å²) >= 11 is 0. The Bertz CT molecular complexity index is 425. The van der Waals surface area contributed by atoms with Gasteiger partial charge in [-0.15, -0.1) is 0 Å². The standard InChI is InChI=1S/C13H21N3O2/c1-5-18-12(17)9-6-11(15-7-10(9)14)16-8-13(2,3)4/h6-7H,5,8,14H2,1-4H3,(H,15,16). The molecule has 0 amide bonds. The number of pyridine rings is 1. The van der Waals surface area contributed by atoms with Gasteiger partial charge in [-0.1, -0.05) is 20.8 Å². The van der Waals surface area contributed by atoms with Gasteiger partial charge in [0.25, 0.3) is 0 Å². The molecule has 0 unspecified atom stereocenters. The smallest absolute Gasteiger partial charge is 0.340 e. The SMILES string of the molecule is CCOC(=O)c1cc(NCC(C)(C)C)ncc1N. The first-order valence-corrected chi connectivity index (χ1v) is 6.00. The maximum Gasteiger partial charge on any atom is 0.340 e. The van der Waals surface area contributed by atoms with Crippen molar-refractivity contribution < 1.29 is 9.53 Å². The number of aromatic nitrogens is 1. The van der Waals surface area contributed by atoms with E-state index in [0.717, 1.165) is 6.54 Å². The van der Waals surface area contributed by atoms with Crippen molar-refractivity contribution in [2.24, 2.45) is 5.41 Å². The average molecular weight is 251 g/mol. The van der Waals surface area contributed by atoms with E-state index >= 15 is 0 Å². The Balaban J connectivity index is 2.84. The average Bonchev–Trinajstić information content (AvgIpc) is 2.27. The molecule has 1 aromatic heterocycles. The molecule has 0 fully saturated rings. The number of hydrogen-bond acceptors (Lipinski definition) is 5. The second-order valence-electron chi connectivity index (χ2n) is 5.29. The van der Waals surface area contributed by atoms with Gasteiger partial charge in [-0.2, -0.15) is 0 Å². The minimum absolute atomic E-state index is 0.132. The Morgan fingerprint density at radius 2 is 2.17 bits per heavy atom. The molecule has 1 heterocycles. The Hall–Kier alpha value is -1.78. The highest BCUT2D eigenvalue weighted by atomic mass is 16.5. The lowest BCUT2D eigenvalue weighted by Gasteiger charge is -2.19. The minimum atomic E-state index is -0.420. The van der Waals surface area contributed by atoms with Crippen LogP contribution in [0.25, 0.3) is 0 Å². The molecule has 0 aliphatic heterocycles. The zero-order valence-corrected chi connectivity index (χ0v) is 11.4. The van der Waals surface area contributed by atoms with Gasteiger partial charge in [0.05, 0.1) is 24.1 Å². The van der Waals surface area contributed by atoms with Crippen molar-refractivity contribution in [3.63, 3.8) is 0 Å². The number of ether oxygens (including phenoxy) is 1. The molecule has 0 saturated carbocycles. The molecule has 1 rings (SSSR count). The van der Waals surface area contributed by atoms with Gasteiger partial charge < -0.3 is 15.8 Å². The van der Waals surface area contributed by atoms with Crippen molar-refractivity contribution in [1.82, 2.24) is 4.98 Å². The number of carbonyl (C=O) groups is 1. The van der Waals surface area contributed by atoms with Gasteiger partial charge in [-0.05, 0) is 18.4 Å². The summed E-state index contributed by atoms with van der Waals surface area (Å²) < 4.78 is 4.93. The zero-order valence-electron chi connectivity index (χ0n) is 11.4. The van der Waals surface area contributed by atoms with Crippen molar-refractivity contribution in [3.8, 4) is 0 Å². The van der Waals surface area contributed by atoms with E-state index in [1.54, 1.807) is 13.0 Å². The third-order valence-corrected chi connectivity index (χ3v) is 2.23. The van der Waals surface area contributed by atoms with E-state index in [9.17, 15) is 4.79 Å². The number of carbonyl (C=O) groups excluding carboxylic acids is 1. The molecule has 100 valence electrons. The van der Waals surface area contributed by atoms with E-state index < -0.39 is 5.97 Å². The van der Waals surface area contributed by atoms with Gasteiger partial charge in [0.1, 0.15) is 5.82 Å². The van der Waals surface area contributed by atoms with Gasteiger partial charge in [0.2, 0.25) is 0 Å². The monoisotopic (exact) mass is 251 g/mol. The highest BCUT2D eigenvalue weighted by Gasteiger charge is 2.14. The van der Waals surface area contributed by atoms with Gasteiger partial charge in [-0.25, -0.2) is 9.78 Å². The van der Waals surface area contributed by atoms with Crippen molar-refractivity contribution in [1.29, 1.82) is 0 Å². The first-order chi connectivity index (χ1) is 8.33. The van der Waals surface area contributed by atoms with Crippen LogP contribution >= 0.6 is 0 Å². The van der Waals surface area contributed by atoms with Crippen LogP contribution in [0.4, 0.5) is 11.5 Å². The van der Waals surface area contributed by atoms with Crippen LogP contribution in [0.5, 0.6) is 0 Å². The van der Waals surface area contributed by atoms with Crippen LogP contribution in [0.15, 0.2) is 12.3 Å². The lowest BCUT2D eigenvalue weighted by molar-refractivity contribution is 0.0527. The summed E-state index contributed by atoms with van der Waals surface area (Å²) in [4.78, 5) is 15.8. The largest absolute Gasteiger partial charge is 0.462 e. The summed E-state index contributed by atoms with van der Waals surface area (Å²) in [7, 11) is 0. The lowest BCUT2D eigenvalue weighted by Crippen LogP contribution is -2.20. The van der Waals surface area contributed by atoms with E-state index in [1.807, 2.05) is 0 Å². The Morgan fingerprint density at radius 3 is 2.72 bits per heavy atom. The number of nitrogens with zero attached hydrogens (tertiary/aromatic N) is 1. The highest BCUT2D eigenvalue weighted by molar-refractivity contribution is 5.95. The summed E-state index contributed by atoms with van der Waals surface area (Å²) in [6.07, 6.45) is 1.47. The van der Waals surface area contributed by atoms with Crippen LogP contribution in [0.1, 0.15) is 38.1 Å². The fraction of sp³-hybridized carbons (Fsp3) is 0.538. The molecule has 1 aromatic rings. The molecule has 0 saturated heterocycles. The second-order valence-corrected chi connectivity index (χ2v) is 5.29. The van der Waals surface area contributed by atoms with Crippen LogP contribution in [0, 0.1) is 5.41 Å². The van der Waals surface area contributed by atoms with E-state index in [-0.39, 0.29) is 5.41 Å². The summed E-state index contributed by atoms with van der Waals surface area (Å²) in [5.74, 6) is 0.207. The van der Waals surface area contributed by atoms with Crippen LogP contribution in [-0.4, -0.2) is 24.1 Å². The second kappa shape index (κ2) is 5.71. The van der Waals surface area contributed by atoms with Crippen molar-refractivity contribution >= 4 is 17.5 Å². The summed E-state index contributed by atoms with van der Waals surface area (Å²) in [6, 6.07) is 1.62. The Morgan fingerprint density at radius 1 is 1.50 bits per heavy atom. The lowest BCUT2D eigenvalue weighted by atomic mass is 9.97. The molecule has 0 aliphatic carbocycles. The molecule has 0 spiro atoms. The fourth-order valence-corrected chi connectivity index (χ4v) is 1.30. The normalized spacial score (nSPS) is 11.1. The van der Waals surface area contributed by atoms with Gasteiger partial charge in [0.15, 0.2) is 0 Å². The van der Waals surface area contributed by atoms with E-state index in [2.05, 4.69) is 31.1 Å². The van der Waals surface area contributed by atoms with Gasteiger partial charge in [-0.3, -0.25) is 0 Å². The quantitative estimate of drug-likeness (QED) is 0.803. The van der Waals surface area contributed by atoms with Gasteiger partial charge in [0, 0.05) is 6.54 Å². The number of anilines is 2. The van der Waals surface area contributed by atoms with Crippen LogP contribution in [0.3, 0.4) is 0 Å². The first-order valence-electron chi connectivity index (χ1n) is 6.00. The summed E-state index contributed by atoms with van der Waals surface area (Å²) in [6.45, 7) is 9.18.